The molecule has 0 saturated carbocycles. The van der Waals surface area contributed by atoms with Crippen LogP contribution in [0.15, 0.2) is 66.9 Å². The normalized spacial score (nSPS) is 17.5. The monoisotopic (exact) mass is 516 g/mol. The van der Waals surface area contributed by atoms with Crippen molar-refractivity contribution in [2.75, 3.05) is 4.90 Å². The molecular formula is C29H29ClN4OS. The summed E-state index contributed by atoms with van der Waals surface area (Å²) >= 11 is 12.2. The zero-order valence-corrected chi connectivity index (χ0v) is 22.4. The number of halogens is 1. The summed E-state index contributed by atoms with van der Waals surface area (Å²) in [6.07, 6.45) is 2.73. The molecule has 1 aliphatic rings. The summed E-state index contributed by atoms with van der Waals surface area (Å²) in [6, 6.07) is 19.2. The van der Waals surface area contributed by atoms with Crippen LogP contribution in [0.25, 0.3) is 5.69 Å². The van der Waals surface area contributed by atoms with Crippen LogP contribution in [0.3, 0.4) is 0 Å². The van der Waals surface area contributed by atoms with Crippen molar-refractivity contribution in [1.29, 1.82) is 0 Å². The van der Waals surface area contributed by atoms with Gasteiger partial charge in [0.25, 0.3) is 0 Å². The van der Waals surface area contributed by atoms with Crippen LogP contribution in [0, 0.1) is 20.8 Å². The lowest BCUT2D eigenvalue weighted by molar-refractivity contribution is 0.472. The van der Waals surface area contributed by atoms with Gasteiger partial charge >= 0.3 is 0 Å². The van der Waals surface area contributed by atoms with Crippen LogP contribution >= 0.6 is 23.8 Å². The summed E-state index contributed by atoms with van der Waals surface area (Å²) in [5, 5.41) is 15.4. The van der Waals surface area contributed by atoms with Gasteiger partial charge in [0, 0.05) is 22.6 Å². The second-order valence-electron chi connectivity index (χ2n) is 9.23. The number of phenolic OH excluding ortho intramolecular Hbond substituents is 1. The number of anilines is 1. The fourth-order valence-corrected chi connectivity index (χ4v) is 5.88. The molecule has 3 heterocycles. The molecule has 0 unspecified atom stereocenters. The number of pyridine rings is 1. The summed E-state index contributed by atoms with van der Waals surface area (Å²) in [5.41, 5.74) is 8.57. The lowest BCUT2D eigenvalue weighted by Crippen LogP contribution is -2.29. The van der Waals surface area contributed by atoms with Gasteiger partial charge in [-0.2, -0.15) is 0 Å². The van der Waals surface area contributed by atoms with Crippen molar-refractivity contribution in [3.63, 3.8) is 0 Å². The molecule has 2 atom stereocenters. The highest BCUT2D eigenvalue weighted by atomic mass is 35.5. The number of benzene rings is 2. The van der Waals surface area contributed by atoms with Crippen molar-refractivity contribution in [1.82, 2.24) is 14.9 Å². The number of aromatic hydroxyl groups is 1. The number of nitrogens with one attached hydrogen (secondary N) is 1. The number of nitrogens with zero attached hydrogens (tertiary/aromatic N) is 3. The molecule has 0 spiro atoms. The van der Waals surface area contributed by atoms with Crippen molar-refractivity contribution >= 4 is 34.6 Å². The summed E-state index contributed by atoms with van der Waals surface area (Å²) in [4.78, 5) is 6.63. The molecule has 4 aromatic rings. The third kappa shape index (κ3) is 4.04. The number of rotatable bonds is 5. The Bertz CT molecular complexity index is 1450. The molecule has 0 bridgehead atoms. The molecule has 0 radical (unpaired) electrons. The fourth-order valence-electron chi connectivity index (χ4n) is 5.38. The van der Waals surface area contributed by atoms with E-state index in [9.17, 15) is 5.11 Å². The van der Waals surface area contributed by atoms with Crippen LogP contribution in [-0.2, 0) is 6.42 Å². The van der Waals surface area contributed by atoms with Gasteiger partial charge in [0.2, 0.25) is 0 Å². The van der Waals surface area contributed by atoms with Crippen molar-refractivity contribution in [2.45, 2.75) is 46.2 Å². The first-order valence-electron chi connectivity index (χ1n) is 12.1. The maximum absolute atomic E-state index is 10.8. The average molecular weight is 517 g/mol. The smallest absolute Gasteiger partial charge is 0.174 e. The molecule has 7 heteroatoms. The van der Waals surface area contributed by atoms with E-state index >= 15 is 0 Å². The van der Waals surface area contributed by atoms with Crippen LogP contribution < -0.4 is 10.2 Å². The first-order valence-corrected chi connectivity index (χ1v) is 12.9. The molecule has 2 aromatic carbocycles. The van der Waals surface area contributed by atoms with Gasteiger partial charge in [-0.15, -0.1) is 0 Å². The molecule has 5 nitrogen and oxygen atoms in total. The quantitative estimate of drug-likeness (QED) is 0.283. The molecule has 0 aliphatic carbocycles. The topological polar surface area (TPSA) is 53.3 Å². The molecule has 0 amide bonds. The van der Waals surface area contributed by atoms with E-state index < -0.39 is 0 Å². The predicted octanol–water partition coefficient (Wildman–Crippen LogP) is 6.90. The van der Waals surface area contributed by atoms with Crippen LogP contribution in [0.2, 0.25) is 5.02 Å². The minimum Gasteiger partial charge on any atom is -0.506 e. The van der Waals surface area contributed by atoms with E-state index in [1.807, 2.05) is 23.1 Å². The summed E-state index contributed by atoms with van der Waals surface area (Å²) in [5.74, 6) is 0.121. The molecule has 5 rings (SSSR count). The molecule has 184 valence electrons. The average Bonchev–Trinajstić information content (AvgIpc) is 3.36. The number of phenols is 1. The minimum atomic E-state index is -0.245. The molecule has 2 aromatic heterocycles. The Labute approximate surface area is 222 Å². The Hall–Kier alpha value is -3.35. The second-order valence-corrected chi connectivity index (χ2v) is 10.1. The van der Waals surface area contributed by atoms with Crippen molar-refractivity contribution in [2.24, 2.45) is 0 Å². The molecule has 1 saturated heterocycles. The molecule has 1 fully saturated rings. The number of thiocarbonyl (C=S) groups is 1. The van der Waals surface area contributed by atoms with E-state index in [4.69, 9.17) is 23.8 Å². The van der Waals surface area contributed by atoms with Gasteiger partial charge in [0.1, 0.15) is 5.75 Å². The van der Waals surface area contributed by atoms with Gasteiger partial charge in [0.05, 0.1) is 29.2 Å². The Morgan fingerprint density at radius 3 is 2.58 bits per heavy atom. The lowest BCUT2D eigenvalue weighted by atomic mass is 9.96. The van der Waals surface area contributed by atoms with Gasteiger partial charge in [-0.05, 0) is 92.5 Å². The number of hydrogen-bond acceptors (Lipinski definition) is 3. The van der Waals surface area contributed by atoms with Gasteiger partial charge in [0.15, 0.2) is 5.11 Å². The highest BCUT2D eigenvalue weighted by Gasteiger charge is 2.43. The minimum absolute atomic E-state index is 0.121. The second kappa shape index (κ2) is 9.60. The van der Waals surface area contributed by atoms with Gasteiger partial charge < -0.3 is 19.9 Å². The summed E-state index contributed by atoms with van der Waals surface area (Å²) in [7, 11) is 0. The largest absolute Gasteiger partial charge is 0.506 e. The van der Waals surface area contributed by atoms with Crippen LogP contribution in [0.5, 0.6) is 5.75 Å². The lowest BCUT2D eigenvalue weighted by Gasteiger charge is -2.29. The maximum Gasteiger partial charge on any atom is 0.174 e. The molecule has 1 aliphatic heterocycles. The summed E-state index contributed by atoms with van der Waals surface area (Å²) < 4.78 is 2.34. The van der Waals surface area contributed by atoms with Crippen molar-refractivity contribution in [3.8, 4) is 11.4 Å². The number of para-hydroxylation sites is 1. The Balaban J connectivity index is 1.74. The highest BCUT2D eigenvalue weighted by molar-refractivity contribution is 7.80. The fraction of sp³-hybridized carbons (Fsp3) is 0.241. The molecule has 2 N–H and O–H groups in total. The Kier molecular flexibility index (Phi) is 6.49. The SMILES string of the molecule is CCc1cccc(C)c1-n1c(C)cc([C@H]2[C@@H](c3ccccn3)NC(=S)N2c2cc(Cl)ccc2O)c1C. The van der Waals surface area contributed by atoms with Crippen molar-refractivity contribution < 1.29 is 5.11 Å². The third-order valence-electron chi connectivity index (χ3n) is 7.01. The van der Waals surface area contributed by atoms with E-state index in [2.05, 4.69) is 66.8 Å². The summed E-state index contributed by atoms with van der Waals surface area (Å²) in [6.45, 7) is 8.64. The van der Waals surface area contributed by atoms with Gasteiger partial charge in [-0.1, -0.05) is 42.8 Å². The van der Waals surface area contributed by atoms with E-state index in [0.29, 0.717) is 15.8 Å². The van der Waals surface area contributed by atoms with E-state index in [1.54, 1.807) is 24.4 Å². The van der Waals surface area contributed by atoms with E-state index in [0.717, 1.165) is 29.1 Å². The first kappa shape index (κ1) is 24.3. The maximum atomic E-state index is 10.8. The van der Waals surface area contributed by atoms with Crippen molar-refractivity contribution in [3.05, 3.63) is 106 Å². The van der Waals surface area contributed by atoms with Gasteiger partial charge in [-0.25, -0.2) is 0 Å². The van der Waals surface area contributed by atoms with Gasteiger partial charge in [-0.3, -0.25) is 4.98 Å². The standard InChI is InChI=1S/C29H29ClN4OS/c1-5-20-10-8-9-17(2)27(20)33-18(3)15-22(19(33)4)28-26(23-11-6-7-14-31-23)32-29(36)34(28)24-16-21(30)12-13-25(24)35/h6-16,26,28,35H,5H2,1-4H3,(H,32,36)/t26-,28+/m1/s1. The molecular weight excluding hydrogens is 488 g/mol. The zero-order valence-electron chi connectivity index (χ0n) is 20.8. The third-order valence-corrected chi connectivity index (χ3v) is 7.56. The van der Waals surface area contributed by atoms with Crippen LogP contribution in [0.4, 0.5) is 5.69 Å². The number of hydrogen-bond donors (Lipinski definition) is 2. The van der Waals surface area contributed by atoms with E-state index in [-0.39, 0.29) is 17.8 Å². The van der Waals surface area contributed by atoms with E-state index in [1.165, 1.54) is 16.8 Å². The number of aromatic nitrogens is 2. The first-order chi connectivity index (χ1) is 17.3. The highest BCUT2D eigenvalue weighted by Crippen LogP contribution is 2.46. The predicted molar refractivity (Wildman–Crippen MR) is 150 cm³/mol. The molecule has 36 heavy (non-hydrogen) atoms. The van der Waals surface area contributed by atoms with Crippen LogP contribution in [-0.4, -0.2) is 19.8 Å². The Morgan fingerprint density at radius 1 is 1.06 bits per heavy atom. The van der Waals surface area contributed by atoms with Crippen LogP contribution in [0.1, 0.15) is 52.8 Å². The number of aryl methyl sites for hydroxylation is 3. The Morgan fingerprint density at radius 2 is 1.86 bits per heavy atom. The zero-order chi connectivity index (χ0) is 25.6.